The monoisotopic (exact) mass is 300 g/mol. The number of nitrogens with zero attached hydrogens (tertiary/aromatic N) is 2. The van der Waals surface area contributed by atoms with Crippen LogP contribution in [0.2, 0.25) is 0 Å². The Kier molecular flexibility index (Phi) is 5.78. The van der Waals surface area contributed by atoms with Crippen LogP contribution in [0.1, 0.15) is 44.7 Å². The fourth-order valence-electron chi connectivity index (χ4n) is 2.72. The van der Waals surface area contributed by atoms with Gasteiger partial charge in [-0.25, -0.2) is 0 Å². The first kappa shape index (κ1) is 16.8. The molecule has 1 fully saturated rings. The Balaban J connectivity index is 1.89. The molecule has 120 valence electrons. The Bertz CT molecular complexity index is 509. The molecule has 0 spiro atoms. The maximum Gasteiger partial charge on any atom is 0.246 e. The first-order valence-electron chi connectivity index (χ1n) is 8.28. The molecule has 2 rings (SSSR count). The maximum atomic E-state index is 12.2. The molecule has 3 heteroatoms. The molecule has 0 saturated carbocycles. The molecule has 22 heavy (non-hydrogen) atoms. The summed E-state index contributed by atoms with van der Waals surface area (Å²) in [4.78, 5) is 16.6. The average Bonchev–Trinajstić information content (AvgIpc) is 2.53. The lowest BCUT2D eigenvalue weighted by atomic mass is 10.0. The first-order chi connectivity index (χ1) is 10.5. The van der Waals surface area contributed by atoms with Crippen LogP contribution in [0.25, 0.3) is 6.08 Å². The van der Waals surface area contributed by atoms with Crippen molar-refractivity contribution in [3.8, 4) is 0 Å². The van der Waals surface area contributed by atoms with Gasteiger partial charge in [0, 0.05) is 38.3 Å². The Morgan fingerprint density at radius 3 is 2.09 bits per heavy atom. The Labute approximate surface area is 134 Å². The Morgan fingerprint density at radius 2 is 1.59 bits per heavy atom. The highest BCUT2D eigenvalue weighted by Gasteiger charge is 2.20. The van der Waals surface area contributed by atoms with Crippen molar-refractivity contribution < 1.29 is 4.79 Å². The van der Waals surface area contributed by atoms with Crippen molar-refractivity contribution >= 4 is 12.0 Å². The average molecular weight is 300 g/mol. The number of hydrogen-bond donors (Lipinski definition) is 0. The van der Waals surface area contributed by atoms with Crippen molar-refractivity contribution in [1.82, 2.24) is 9.80 Å². The predicted octanol–water partition coefficient (Wildman–Crippen LogP) is 3.38. The molecule has 0 aromatic heterocycles. The summed E-state index contributed by atoms with van der Waals surface area (Å²) in [6.07, 6.45) is 3.62. The lowest BCUT2D eigenvalue weighted by Crippen LogP contribution is -2.50. The summed E-state index contributed by atoms with van der Waals surface area (Å²) in [6.45, 7) is 12.4. The van der Waals surface area contributed by atoms with Crippen LogP contribution >= 0.6 is 0 Å². The van der Waals surface area contributed by atoms with Gasteiger partial charge in [-0.2, -0.15) is 0 Å². The number of benzene rings is 1. The van der Waals surface area contributed by atoms with E-state index in [2.05, 4.69) is 56.9 Å². The highest BCUT2D eigenvalue weighted by molar-refractivity contribution is 5.91. The number of rotatable bonds is 4. The van der Waals surface area contributed by atoms with Gasteiger partial charge in [-0.1, -0.05) is 38.1 Å². The summed E-state index contributed by atoms with van der Waals surface area (Å²) >= 11 is 0. The van der Waals surface area contributed by atoms with E-state index in [1.54, 1.807) is 6.08 Å². The highest BCUT2D eigenvalue weighted by Crippen LogP contribution is 2.15. The van der Waals surface area contributed by atoms with E-state index in [1.807, 2.05) is 11.0 Å². The molecule has 1 heterocycles. The van der Waals surface area contributed by atoms with Gasteiger partial charge in [0.25, 0.3) is 0 Å². The minimum absolute atomic E-state index is 0.122. The normalized spacial score (nSPS) is 16.9. The van der Waals surface area contributed by atoms with E-state index in [0.29, 0.717) is 12.0 Å². The predicted molar refractivity (Wildman–Crippen MR) is 92.9 cm³/mol. The van der Waals surface area contributed by atoms with Crippen molar-refractivity contribution in [3.63, 3.8) is 0 Å². The molecule has 0 aliphatic carbocycles. The Hall–Kier alpha value is -1.61. The number of carbonyl (C=O) groups excluding carboxylic acids is 1. The zero-order valence-corrected chi connectivity index (χ0v) is 14.2. The van der Waals surface area contributed by atoms with Crippen LogP contribution in [-0.2, 0) is 4.79 Å². The molecular weight excluding hydrogens is 272 g/mol. The van der Waals surface area contributed by atoms with Crippen LogP contribution < -0.4 is 0 Å². The third kappa shape index (κ3) is 4.44. The van der Waals surface area contributed by atoms with Crippen LogP contribution in [0, 0.1) is 0 Å². The lowest BCUT2D eigenvalue weighted by molar-refractivity contribution is -0.127. The third-order valence-electron chi connectivity index (χ3n) is 4.38. The lowest BCUT2D eigenvalue weighted by Gasteiger charge is -2.36. The van der Waals surface area contributed by atoms with Crippen molar-refractivity contribution in [2.45, 2.75) is 39.7 Å². The third-order valence-corrected chi connectivity index (χ3v) is 4.38. The summed E-state index contributed by atoms with van der Waals surface area (Å²) in [5.41, 5.74) is 2.41. The fraction of sp³-hybridized carbons (Fsp3) is 0.526. The summed E-state index contributed by atoms with van der Waals surface area (Å²) in [5.74, 6) is 0.660. The van der Waals surface area contributed by atoms with E-state index in [1.165, 1.54) is 5.56 Å². The molecule has 1 aromatic rings. The molecule has 0 N–H and O–H groups in total. The van der Waals surface area contributed by atoms with E-state index in [0.717, 1.165) is 31.7 Å². The van der Waals surface area contributed by atoms with Crippen LogP contribution in [0.15, 0.2) is 30.3 Å². The van der Waals surface area contributed by atoms with E-state index in [-0.39, 0.29) is 5.91 Å². The summed E-state index contributed by atoms with van der Waals surface area (Å²) in [5, 5.41) is 0. The van der Waals surface area contributed by atoms with Gasteiger partial charge in [-0.15, -0.1) is 0 Å². The minimum Gasteiger partial charge on any atom is -0.337 e. The zero-order chi connectivity index (χ0) is 16.1. The quantitative estimate of drug-likeness (QED) is 0.796. The minimum atomic E-state index is 0.122. The second-order valence-electron chi connectivity index (χ2n) is 6.61. The van der Waals surface area contributed by atoms with Gasteiger partial charge in [0.1, 0.15) is 0 Å². The van der Waals surface area contributed by atoms with Crippen molar-refractivity contribution in [1.29, 1.82) is 0 Å². The standard InChI is InChI=1S/C19H28N2O/c1-15(2)18-8-5-17(6-9-18)7-10-19(22)21-13-11-20(12-14-21)16(3)4/h5-10,15-16H,11-14H2,1-4H3/b10-7+. The smallest absolute Gasteiger partial charge is 0.246 e. The van der Waals surface area contributed by atoms with E-state index >= 15 is 0 Å². The molecule has 0 bridgehead atoms. The molecule has 1 amide bonds. The van der Waals surface area contributed by atoms with Crippen LogP contribution in [0.4, 0.5) is 0 Å². The topological polar surface area (TPSA) is 23.6 Å². The van der Waals surface area contributed by atoms with Gasteiger partial charge in [0.15, 0.2) is 0 Å². The van der Waals surface area contributed by atoms with Gasteiger partial charge < -0.3 is 4.90 Å². The summed E-state index contributed by atoms with van der Waals surface area (Å²) < 4.78 is 0. The van der Waals surface area contributed by atoms with Crippen molar-refractivity contribution in [3.05, 3.63) is 41.5 Å². The highest BCUT2D eigenvalue weighted by atomic mass is 16.2. The van der Waals surface area contributed by atoms with Crippen molar-refractivity contribution in [2.75, 3.05) is 26.2 Å². The van der Waals surface area contributed by atoms with Gasteiger partial charge in [0.2, 0.25) is 5.91 Å². The zero-order valence-electron chi connectivity index (χ0n) is 14.2. The maximum absolute atomic E-state index is 12.2. The van der Waals surface area contributed by atoms with E-state index in [4.69, 9.17) is 0 Å². The Morgan fingerprint density at radius 1 is 1.00 bits per heavy atom. The molecule has 1 aliphatic heterocycles. The van der Waals surface area contributed by atoms with Gasteiger partial charge in [-0.3, -0.25) is 9.69 Å². The molecule has 0 radical (unpaired) electrons. The molecular formula is C19H28N2O. The molecule has 0 atom stereocenters. The molecule has 0 unspecified atom stereocenters. The number of carbonyl (C=O) groups is 1. The molecule has 3 nitrogen and oxygen atoms in total. The number of amides is 1. The van der Waals surface area contributed by atoms with Gasteiger partial charge in [-0.05, 0) is 37.0 Å². The van der Waals surface area contributed by atoms with Crippen LogP contribution in [0.5, 0.6) is 0 Å². The molecule has 1 aromatic carbocycles. The second kappa shape index (κ2) is 7.59. The SMILES string of the molecule is CC(C)c1ccc(/C=C/C(=O)N2CCN(C(C)C)CC2)cc1. The van der Waals surface area contributed by atoms with E-state index < -0.39 is 0 Å². The van der Waals surface area contributed by atoms with Crippen LogP contribution in [0.3, 0.4) is 0 Å². The van der Waals surface area contributed by atoms with Crippen LogP contribution in [-0.4, -0.2) is 47.9 Å². The number of piperazine rings is 1. The van der Waals surface area contributed by atoms with E-state index in [9.17, 15) is 4.79 Å². The molecule has 1 saturated heterocycles. The fourth-order valence-corrected chi connectivity index (χ4v) is 2.72. The number of hydrogen-bond acceptors (Lipinski definition) is 2. The van der Waals surface area contributed by atoms with Crippen molar-refractivity contribution in [2.24, 2.45) is 0 Å². The van der Waals surface area contributed by atoms with Gasteiger partial charge >= 0.3 is 0 Å². The summed E-state index contributed by atoms with van der Waals surface area (Å²) in [7, 11) is 0. The first-order valence-corrected chi connectivity index (χ1v) is 8.28. The second-order valence-corrected chi connectivity index (χ2v) is 6.61. The summed E-state index contributed by atoms with van der Waals surface area (Å²) in [6, 6.07) is 8.99. The van der Waals surface area contributed by atoms with Gasteiger partial charge in [0.05, 0.1) is 0 Å². The largest absolute Gasteiger partial charge is 0.337 e. The molecule has 1 aliphatic rings.